The Kier molecular flexibility index (Phi) is 9.34. The zero-order valence-corrected chi connectivity index (χ0v) is 13.9. The van der Waals surface area contributed by atoms with Crippen LogP contribution in [0.15, 0.2) is 12.1 Å². The highest BCUT2D eigenvalue weighted by Gasteiger charge is 2.10. The summed E-state index contributed by atoms with van der Waals surface area (Å²) >= 11 is 6.20. The molecular formula is C15H26ClN3O2. The van der Waals surface area contributed by atoms with E-state index < -0.39 is 0 Å². The van der Waals surface area contributed by atoms with E-state index in [1.54, 1.807) is 14.2 Å². The van der Waals surface area contributed by atoms with E-state index in [-0.39, 0.29) is 0 Å². The van der Waals surface area contributed by atoms with Gasteiger partial charge in [0, 0.05) is 40.5 Å². The maximum atomic E-state index is 6.20. The molecule has 0 aliphatic heterocycles. The second kappa shape index (κ2) is 10.8. The number of nitrogens with one attached hydrogen (secondary N) is 1. The molecule has 0 aromatic carbocycles. The molecule has 0 radical (unpaired) electrons. The van der Waals surface area contributed by atoms with Crippen LogP contribution >= 0.6 is 11.6 Å². The van der Waals surface area contributed by atoms with E-state index in [1.165, 1.54) is 0 Å². The molecule has 0 bridgehead atoms. The van der Waals surface area contributed by atoms with Gasteiger partial charge in [-0.15, -0.1) is 0 Å². The molecule has 1 rings (SSSR count). The Bertz CT molecular complexity index is 405. The smallest absolute Gasteiger partial charge is 0.129 e. The Labute approximate surface area is 132 Å². The Hall–Kier alpha value is -0.880. The van der Waals surface area contributed by atoms with Gasteiger partial charge in [0.2, 0.25) is 0 Å². The number of nitrogens with zero attached hydrogens (tertiary/aromatic N) is 2. The molecule has 1 aromatic heterocycles. The highest BCUT2D eigenvalue weighted by atomic mass is 35.5. The monoisotopic (exact) mass is 315 g/mol. The van der Waals surface area contributed by atoms with Crippen LogP contribution in [0, 0.1) is 0 Å². The Morgan fingerprint density at radius 3 is 2.62 bits per heavy atom. The maximum Gasteiger partial charge on any atom is 0.129 e. The van der Waals surface area contributed by atoms with E-state index in [9.17, 15) is 0 Å². The van der Waals surface area contributed by atoms with Crippen LogP contribution in [-0.2, 0) is 16.0 Å². The summed E-state index contributed by atoms with van der Waals surface area (Å²) in [6.45, 7) is 6.72. The van der Waals surface area contributed by atoms with E-state index in [0.29, 0.717) is 18.2 Å². The molecule has 0 aliphatic rings. The van der Waals surface area contributed by atoms with Crippen LogP contribution in [0.2, 0.25) is 5.02 Å². The third-order valence-electron chi connectivity index (χ3n) is 3.11. The van der Waals surface area contributed by atoms with Crippen molar-refractivity contribution in [3.8, 4) is 0 Å². The summed E-state index contributed by atoms with van der Waals surface area (Å²) in [5.41, 5.74) is 0.880. The normalized spacial score (nSPS) is 10.9. The number of ether oxygens (including phenoxy) is 2. The van der Waals surface area contributed by atoms with E-state index in [0.717, 1.165) is 44.2 Å². The molecule has 0 atom stereocenters. The van der Waals surface area contributed by atoms with Crippen LogP contribution in [0.1, 0.15) is 19.0 Å². The topological polar surface area (TPSA) is 46.6 Å². The second-order valence-electron chi connectivity index (χ2n) is 4.70. The molecule has 6 heteroatoms. The average Bonchev–Trinajstić information content (AvgIpc) is 2.50. The first-order chi connectivity index (χ1) is 10.2. The van der Waals surface area contributed by atoms with Crippen LogP contribution in [0.4, 0.5) is 5.82 Å². The zero-order valence-electron chi connectivity index (χ0n) is 13.2. The van der Waals surface area contributed by atoms with Crippen molar-refractivity contribution in [2.24, 2.45) is 0 Å². The van der Waals surface area contributed by atoms with Crippen molar-refractivity contribution in [3.63, 3.8) is 0 Å². The van der Waals surface area contributed by atoms with E-state index in [4.69, 9.17) is 21.1 Å². The number of hydrogen-bond acceptors (Lipinski definition) is 5. The Morgan fingerprint density at radius 2 is 1.95 bits per heavy atom. The molecule has 1 N–H and O–H groups in total. The van der Waals surface area contributed by atoms with Gasteiger partial charge in [-0.3, -0.25) is 0 Å². The largest absolute Gasteiger partial charge is 0.385 e. The molecule has 0 amide bonds. The first kappa shape index (κ1) is 18.2. The highest BCUT2D eigenvalue weighted by molar-refractivity contribution is 6.31. The fraction of sp³-hybridized carbons (Fsp3) is 0.667. The minimum atomic E-state index is 0.666. The number of hydrogen-bond donors (Lipinski definition) is 1. The average molecular weight is 316 g/mol. The summed E-state index contributed by atoms with van der Waals surface area (Å²) in [7, 11) is 3.42. The molecule has 0 saturated carbocycles. The molecule has 0 saturated heterocycles. The third kappa shape index (κ3) is 6.61. The molecule has 120 valence electrons. The SMILES string of the molecule is CCNCc1nc(N(CCCOC)CCOC)ccc1Cl. The molecule has 5 nitrogen and oxygen atoms in total. The quantitative estimate of drug-likeness (QED) is 0.635. The first-order valence-corrected chi connectivity index (χ1v) is 7.69. The van der Waals surface area contributed by atoms with Crippen LogP contribution < -0.4 is 10.2 Å². The van der Waals surface area contributed by atoms with Gasteiger partial charge in [-0.1, -0.05) is 18.5 Å². The fourth-order valence-corrected chi connectivity index (χ4v) is 2.13. The van der Waals surface area contributed by atoms with Gasteiger partial charge in [0.15, 0.2) is 0 Å². The van der Waals surface area contributed by atoms with E-state index in [1.807, 2.05) is 12.1 Å². The van der Waals surface area contributed by atoms with Gasteiger partial charge >= 0.3 is 0 Å². The van der Waals surface area contributed by atoms with Crippen LogP contribution in [0.25, 0.3) is 0 Å². The minimum Gasteiger partial charge on any atom is -0.385 e. The predicted molar refractivity (Wildman–Crippen MR) is 87.2 cm³/mol. The number of aromatic nitrogens is 1. The molecular weight excluding hydrogens is 290 g/mol. The second-order valence-corrected chi connectivity index (χ2v) is 5.11. The number of anilines is 1. The Morgan fingerprint density at radius 1 is 1.19 bits per heavy atom. The summed E-state index contributed by atoms with van der Waals surface area (Å²) in [6, 6.07) is 3.87. The lowest BCUT2D eigenvalue weighted by Crippen LogP contribution is -2.30. The summed E-state index contributed by atoms with van der Waals surface area (Å²) < 4.78 is 10.3. The number of rotatable bonds is 11. The third-order valence-corrected chi connectivity index (χ3v) is 3.46. The summed E-state index contributed by atoms with van der Waals surface area (Å²) in [6.07, 6.45) is 0.951. The molecule has 1 aromatic rings. The lowest BCUT2D eigenvalue weighted by molar-refractivity contribution is 0.191. The van der Waals surface area contributed by atoms with Crippen molar-refractivity contribution >= 4 is 17.4 Å². The van der Waals surface area contributed by atoms with Gasteiger partial charge < -0.3 is 19.7 Å². The fourth-order valence-electron chi connectivity index (χ4n) is 1.96. The molecule has 0 spiro atoms. The lowest BCUT2D eigenvalue weighted by Gasteiger charge is -2.24. The van der Waals surface area contributed by atoms with Crippen molar-refractivity contribution < 1.29 is 9.47 Å². The van der Waals surface area contributed by atoms with Crippen LogP contribution in [-0.4, -0.2) is 52.1 Å². The van der Waals surface area contributed by atoms with Gasteiger partial charge in [-0.05, 0) is 25.1 Å². The van der Waals surface area contributed by atoms with Crippen molar-refractivity contribution in [2.45, 2.75) is 19.9 Å². The first-order valence-electron chi connectivity index (χ1n) is 7.31. The van der Waals surface area contributed by atoms with Crippen LogP contribution in [0.5, 0.6) is 0 Å². The van der Waals surface area contributed by atoms with Gasteiger partial charge in [0.1, 0.15) is 5.82 Å². The standard InChI is InChI=1S/C15H26ClN3O2/c1-4-17-12-14-13(16)6-7-15(18-14)19(9-11-21-3)8-5-10-20-2/h6-7,17H,4-5,8-12H2,1-3H3. The summed E-state index contributed by atoms with van der Waals surface area (Å²) in [5, 5.41) is 3.95. The highest BCUT2D eigenvalue weighted by Crippen LogP contribution is 2.19. The van der Waals surface area contributed by atoms with Crippen molar-refractivity contribution in [1.29, 1.82) is 0 Å². The Balaban J connectivity index is 2.78. The molecule has 0 aliphatic carbocycles. The molecule has 0 unspecified atom stereocenters. The van der Waals surface area contributed by atoms with Crippen molar-refractivity contribution in [2.75, 3.05) is 52.0 Å². The molecule has 0 fully saturated rings. The van der Waals surface area contributed by atoms with E-state index >= 15 is 0 Å². The van der Waals surface area contributed by atoms with Gasteiger partial charge in [0.05, 0.1) is 17.3 Å². The van der Waals surface area contributed by atoms with E-state index in [2.05, 4.69) is 22.1 Å². The molecule has 1 heterocycles. The van der Waals surface area contributed by atoms with Crippen LogP contribution in [0.3, 0.4) is 0 Å². The lowest BCUT2D eigenvalue weighted by atomic mass is 10.3. The van der Waals surface area contributed by atoms with Gasteiger partial charge in [-0.25, -0.2) is 4.98 Å². The van der Waals surface area contributed by atoms with Crippen molar-refractivity contribution in [1.82, 2.24) is 10.3 Å². The minimum absolute atomic E-state index is 0.666. The van der Waals surface area contributed by atoms with Gasteiger partial charge in [-0.2, -0.15) is 0 Å². The zero-order chi connectivity index (χ0) is 15.5. The number of methoxy groups -OCH3 is 2. The number of halogens is 1. The predicted octanol–water partition coefficient (Wildman–Crippen LogP) is 2.33. The molecule has 21 heavy (non-hydrogen) atoms. The van der Waals surface area contributed by atoms with Crippen molar-refractivity contribution in [3.05, 3.63) is 22.8 Å². The maximum absolute atomic E-state index is 6.20. The summed E-state index contributed by atoms with van der Waals surface area (Å²) in [4.78, 5) is 6.88. The van der Waals surface area contributed by atoms with Gasteiger partial charge in [0.25, 0.3) is 0 Å². The number of pyridine rings is 1. The summed E-state index contributed by atoms with van der Waals surface area (Å²) in [5.74, 6) is 0.931.